The zero-order valence-corrected chi connectivity index (χ0v) is 16.2. The summed E-state index contributed by atoms with van der Waals surface area (Å²) >= 11 is 2.46. The van der Waals surface area contributed by atoms with Crippen molar-refractivity contribution in [3.05, 3.63) is 46.3 Å². The van der Waals surface area contributed by atoms with Crippen LogP contribution < -0.4 is 10.6 Å². The maximum absolute atomic E-state index is 12.1. The molecule has 1 aliphatic rings. The van der Waals surface area contributed by atoms with E-state index in [1.54, 1.807) is 12.3 Å². The van der Waals surface area contributed by atoms with Gasteiger partial charge in [-0.1, -0.05) is 29.5 Å². The van der Waals surface area contributed by atoms with Gasteiger partial charge in [0.2, 0.25) is 5.91 Å². The van der Waals surface area contributed by atoms with Crippen molar-refractivity contribution < 1.29 is 19.5 Å². The number of amides is 2. The molecule has 1 aromatic carbocycles. The first kappa shape index (κ1) is 19.8. The van der Waals surface area contributed by atoms with Gasteiger partial charge in [0.05, 0.1) is 15.5 Å². The average Bonchev–Trinajstić information content (AvgIpc) is 3.22. The van der Waals surface area contributed by atoms with E-state index in [9.17, 15) is 14.4 Å². The number of carboxylic acid groups (broad SMARTS) is 1. The van der Waals surface area contributed by atoms with Crippen LogP contribution in [0.5, 0.6) is 0 Å². The van der Waals surface area contributed by atoms with Crippen LogP contribution in [0.15, 0.2) is 46.4 Å². The summed E-state index contributed by atoms with van der Waals surface area (Å²) in [4.78, 5) is 44.1. The smallest absolute Gasteiger partial charge is 0.303 e. The highest BCUT2D eigenvalue weighted by molar-refractivity contribution is 8.18. The Morgan fingerprint density at radius 1 is 1.25 bits per heavy atom. The molecule has 1 fully saturated rings. The fraction of sp³-hybridized carbons (Fsp3) is 0.167. The Hall–Kier alpha value is -2.98. The number of hydrogen-bond acceptors (Lipinski definition) is 7. The Morgan fingerprint density at radius 3 is 2.79 bits per heavy atom. The van der Waals surface area contributed by atoms with E-state index in [0.717, 1.165) is 5.69 Å². The van der Waals surface area contributed by atoms with E-state index >= 15 is 0 Å². The molecule has 28 heavy (non-hydrogen) atoms. The van der Waals surface area contributed by atoms with E-state index in [-0.39, 0.29) is 31.1 Å². The molecule has 8 nitrogen and oxygen atoms in total. The predicted octanol–water partition coefficient (Wildman–Crippen LogP) is 3.23. The van der Waals surface area contributed by atoms with Gasteiger partial charge in [0.1, 0.15) is 0 Å². The number of benzene rings is 1. The molecule has 2 heterocycles. The van der Waals surface area contributed by atoms with Gasteiger partial charge < -0.3 is 15.7 Å². The largest absolute Gasteiger partial charge is 0.481 e. The Balaban J connectivity index is 1.60. The van der Waals surface area contributed by atoms with Crippen molar-refractivity contribution in [3.63, 3.8) is 0 Å². The van der Waals surface area contributed by atoms with Gasteiger partial charge in [0, 0.05) is 19.0 Å². The number of nitrogens with zero attached hydrogens (tertiary/aromatic N) is 2. The first-order valence-electron chi connectivity index (χ1n) is 8.32. The van der Waals surface area contributed by atoms with Crippen LogP contribution in [0.2, 0.25) is 0 Å². The topological polar surface area (TPSA) is 121 Å². The van der Waals surface area contributed by atoms with Crippen molar-refractivity contribution in [2.45, 2.75) is 19.3 Å². The number of hydrogen-bond donors (Lipinski definition) is 3. The van der Waals surface area contributed by atoms with Gasteiger partial charge in [-0.3, -0.25) is 14.4 Å². The fourth-order valence-electron chi connectivity index (χ4n) is 2.22. The van der Waals surface area contributed by atoms with Crippen molar-refractivity contribution in [2.75, 3.05) is 5.32 Å². The Morgan fingerprint density at radius 2 is 2.04 bits per heavy atom. The Labute approximate surface area is 168 Å². The van der Waals surface area contributed by atoms with Crippen LogP contribution in [0.3, 0.4) is 0 Å². The molecular formula is C18H16N4O4S2. The lowest BCUT2D eigenvalue weighted by Crippen LogP contribution is -2.19. The molecule has 1 saturated heterocycles. The third-order valence-electron chi connectivity index (χ3n) is 3.48. The number of para-hydroxylation sites is 1. The number of anilines is 1. The highest BCUT2D eigenvalue weighted by Crippen LogP contribution is 2.30. The lowest BCUT2D eigenvalue weighted by Gasteiger charge is -1.99. The van der Waals surface area contributed by atoms with E-state index in [2.05, 4.69) is 20.6 Å². The summed E-state index contributed by atoms with van der Waals surface area (Å²) < 4.78 is 0. The van der Waals surface area contributed by atoms with E-state index in [0.29, 0.717) is 20.1 Å². The van der Waals surface area contributed by atoms with E-state index in [4.69, 9.17) is 5.11 Å². The first-order chi connectivity index (χ1) is 13.5. The molecule has 1 aromatic heterocycles. The molecule has 0 saturated carbocycles. The molecule has 0 spiro atoms. The quantitative estimate of drug-likeness (QED) is 0.596. The molecule has 0 aliphatic carbocycles. The first-order valence-corrected chi connectivity index (χ1v) is 9.95. The van der Waals surface area contributed by atoms with Crippen molar-refractivity contribution in [1.29, 1.82) is 0 Å². The second-order valence-corrected chi connectivity index (χ2v) is 7.77. The lowest BCUT2D eigenvalue weighted by atomic mass is 10.2. The van der Waals surface area contributed by atoms with Gasteiger partial charge >= 0.3 is 5.97 Å². The van der Waals surface area contributed by atoms with Crippen LogP contribution in [0.25, 0.3) is 6.08 Å². The molecule has 3 rings (SSSR count). The molecule has 0 unspecified atom stereocenters. The molecule has 0 atom stereocenters. The number of carboxylic acids is 1. The second-order valence-electron chi connectivity index (χ2n) is 5.68. The molecule has 2 aromatic rings. The SMILES string of the molecule is O=C(O)CCCC(=O)Nc1ncc(C=C2SC(=Nc3ccccc3)NC2=O)s1. The summed E-state index contributed by atoms with van der Waals surface area (Å²) in [6, 6.07) is 9.31. The molecule has 1 aliphatic heterocycles. The van der Waals surface area contributed by atoms with Crippen molar-refractivity contribution >= 4 is 62.9 Å². The Kier molecular flexibility index (Phi) is 6.56. The summed E-state index contributed by atoms with van der Waals surface area (Å²) in [5, 5.41) is 14.8. The normalized spacial score (nSPS) is 16.4. The fourth-order valence-corrected chi connectivity index (χ4v) is 3.91. The number of amidine groups is 1. The third-order valence-corrected chi connectivity index (χ3v) is 5.25. The van der Waals surface area contributed by atoms with Crippen LogP contribution in [-0.4, -0.2) is 33.0 Å². The number of aliphatic carboxylic acids is 1. The molecule has 144 valence electrons. The number of thiazole rings is 1. The second kappa shape index (κ2) is 9.29. The maximum atomic E-state index is 12.1. The zero-order valence-electron chi connectivity index (χ0n) is 14.5. The number of aliphatic imine (C=N–C) groups is 1. The minimum absolute atomic E-state index is 0.0537. The summed E-state index contributed by atoms with van der Waals surface area (Å²) in [5.74, 6) is -1.47. The molecule has 0 bridgehead atoms. The molecule has 2 amide bonds. The van der Waals surface area contributed by atoms with Crippen molar-refractivity contribution in [3.8, 4) is 0 Å². The van der Waals surface area contributed by atoms with E-state index in [1.165, 1.54) is 23.1 Å². The summed E-state index contributed by atoms with van der Waals surface area (Å²) in [6.07, 6.45) is 3.57. The van der Waals surface area contributed by atoms with Gasteiger partial charge in [-0.2, -0.15) is 0 Å². The number of nitrogens with one attached hydrogen (secondary N) is 2. The van der Waals surface area contributed by atoms with E-state index in [1.807, 2.05) is 30.3 Å². The Bertz CT molecular complexity index is 954. The number of carbonyl (C=O) groups excluding carboxylic acids is 2. The zero-order chi connectivity index (χ0) is 19.9. The van der Waals surface area contributed by atoms with Gasteiger partial charge in [-0.25, -0.2) is 9.98 Å². The van der Waals surface area contributed by atoms with Crippen LogP contribution in [0, 0.1) is 0 Å². The number of thioether (sulfide) groups is 1. The lowest BCUT2D eigenvalue weighted by molar-refractivity contribution is -0.137. The summed E-state index contributed by atoms with van der Waals surface area (Å²) in [6.45, 7) is 0. The van der Waals surface area contributed by atoms with E-state index < -0.39 is 5.97 Å². The van der Waals surface area contributed by atoms with Gasteiger partial charge in [-0.15, -0.1) is 0 Å². The summed E-state index contributed by atoms with van der Waals surface area (Å²) in [7, 11) is 0. The van der Waals surface area contributed by atoms with Crippen molar-refractivity contribution in [1.82, 2.24) is 10.3 Å². The monoisotopic (exact) mass is 416 g/mol. The number of carbonyl (C=O) groups is 3. The third kappa shape index (κ3) is 5.76. The molecule has 3 N–H and O–H groups in total. The van der Waals surface area contributed by atoms with Crippen LogP contribution >= 0.6 is 23.1 Å². The minimum atomic E-state index is -0.932. The highest BCUT2D eigenvalue weighted by Gasteiger charge is 2.24. The predicted molar refractivity (Wildman–Crippen MR) is 109 cm³/mol. The average molecular weight is 416 g/mol. The number of rotatable bonds is 7. The molecular weight excluding hydrogens is 400 g/mol. The van der Waals surface area contributed by atoms with Crippen LogP contribution in [-0.2, 0) is 14.4 Å². The molecule has 10 heteroatoms. The van der Waals surface area contributed by atoms with Crippen molar-refractivity contribution in [2.24, 2.45) is 4.99 Å². The minimum Gasteiger partial charge on any atom is -0.481 e. The standard InChI is InChI=1S/C18H16N4O4S2/c23-14(7-4-8-15(24)25)21-17-19-10-12(27-17)9-13-16(26)22-18(28-13)20-11-5-2-1-3-6-11/h1-3,5-6,9-10H,4,7-8H2,(H,24,25)(H,19,21,23)(H,20,22,26). The van der Waals surface area contributed by atoms with Crippen LogP contribution in [0.1, 0.15) is 24.1 Å². The highest BCUT2D eigenvalue weighted by atomic mass is 32.2. The summed E-state index contributed by atoms with van der Waals surface area (Å²) in [5.41, 5.74) is 0.747. The van der Waals surface area contributed by atoms with Gasteiger partial charge in [0.15, 0.2) is 10.3 Å². The maximum Gasteiger partial charge on any atom is 0.303 e. The van der Waals surface area contributed by atoms with Gasteiger partial charge in [-0.05, 0) is 36.4 Å². The van der Waals surface area contributed by atoms with Gasteiger partial charge in [0.25, 0.3) is 5.91 Å². The van der Waals surface area contributed by atoms with Crippen LogP contribution in [0.4, 0.5) is 10.8 Å². The number of aromatic nitrogens is 1. The molecule has 0 radical (unpaired) electrons.